The molecule has 0 heterocycles. The van der Waals surface area contributed by atoms with Gasteiger partial charge in [0.25, 0.3) is 6.47 Å². The molecule has 24 heavy (non-hydrogen) atoms. The van der Waals surface area contributed by atoms with Crippen LogP contribution in [0.1, 0.15) is 0 Å². The third-order valence-electron chi connectivity index (χ3n) is 2.43. The second-order valence-corrected chi connectivity index (χ2v) is 6.71. The topological polar surface area (TPSA) is 87.0 Å². The highest BCUT2D eigenvalue weighted by Gasteiger charge is 2.65. The maximum absolute atomic E-state index is 12.2. The highest BCUT2D eigenvalue weighted by Crippen LogP contribution is 3.02. The Balaban J connectivity index is 0.000000272. The molecule has 0 aliphatic rings. The lowest BCUT2D eigenvalue weighted by molar-refractivity contribution is -0.120. The van der Waals surface area contributed by atoms with E-state index in [4.69, 9.17) is 15.3 Å². The van der Waals surface area contributed by atoms with Crippen molar-refractivity contribution in [3.63, 3.8) is 0 Å². The molecule has 0 aliphatic heterocycles. The summed E-state index contributed by atoms with van der Waals surface area (Å²) in [5.41, 5.74) is 0. The van der Waals surface area contributed by atoms with Gasteiger partial charge in [0.1, 0.15) is 10.6 Å². The van der Waals surface area contributed by atoms with E-state index < -0.39 is 26.6 Å². The number of phenolic OH excluding ortho intramolecular Hbond substituents is 3. The number of benzene rings is 2. The molecular formula is C13H11F5O5S. The third-order valence-corrected chi connectivity index (χ3v) is 3.57. The second kappa shape index (κ2) is 5.74. The van der Waals surface area contributed by atoms with Gasteiger partial charge in [-0.1, -0.05) is 31.6 Å². The fourth-order valence-electron chi connectivity index (χ4n) is 1.36. The van der Waals surface area contributed by atoms with Crippen molar-refractivity contribution >= 4 is 16.7 Å². The fourth-order valence-corrected chi connectivity index (χ4v) is 2.04. The molecule has 0 amide bonds. The van der Waals surface area contributed by atoms with Gasteiger partial charge in [0, 0.05) is 6.07 Å². The predicted molar refractivity (Wildman–Crippen MR) is 76.0 cm³/mol. The number of hydrogen-bond acceptors (Lipinski definition) is 5. The number of halogens is 5. The van der Waals surface area contributed by atoms with Crippen LogP contribution in [0.2, 0.25) is 0 Å². The molecule has 0 spiro atoms. The van der Waals surface area contributed by atoms with E-state index in [9.17, 15) is 24.2 Å². The summed E-state index contributed by atoms with van der Waals surface area (Å²) in [5, 5.41) is 26.1. The fraction of sp³-hybridized carbons (Fsp3) is 0. The Kier molecular flexibility index (Phi) is 4.63. The average molecular weight is 374 g/mol. The van der Waals surface area contributed by atoms with Gasteiger partial charge >= 0.3 is 10.2 Å². The van der Waals surface area contributed by atoms with E-state index in [1.54, 1.807) is 0 Å². The van der Waals surface area contributed by atoms with Crippen LogP contribution in [-0.4, -0.2) is 21.8 Å². The van der Waals surface area contributed by atoms with E-state index in [0.29, 0.717) is 0 Å². The number of rotatable bonds is 3. The molecule has 0 bridgehead atoms. The Hall–Kier alpha value is -2.69. The quantitative estimate of drug-likeness (QED) is 0.412. The molecule has 11 heteroatoms. The summed E-state index contributed by atoms with van der Waals surface area (Å²) in [6, 6.07) is 6.00. The van der Waals surface area contributed by atoms with E-state index >= 15 is 0 Å². The number of carbonyl (C=O) groups is 1. The highest BCUT2D eigenvalue weighted by molar-refractivity contribution is 8.45. The lowest BCUT2D eigenvalue weighted by atomic mass is 10.3. The Bertz CT molecular complexity index is 728. The first-order valence-electron chi connectivity index (χ1n) is 5.89. The van der Waals surface area contributed by atoms with Crippen molar-refractivity contribution in [2.75, 3.05) is 0 Å². The summed E-state index contributed by atoms with van der Waals surface area (Å²) < 4.78 is 65.2. The molecular weight excluding hydrogens is 363 g/mol. The zero-order valence-corrected chi connectivity index (χ0v) is 12.4. The van der Waals surface area contributed by atoms with Crippen molar-refractivity contribution in [2.45, 2.75) is 4.90 Å². The molecule has 0 saturated carbocycles. The van der Waals surface area contributed by atoms with E-state index in [0.717, 1.165) is 12.1 Å². The van der Waals surface area contributed by atoms with E-state index in [1.807, 2.05) is 0 Å². The van der Waals surface area contributed by atoms with Crippen LogP contribution in [0, 0.1) is 0 Å². The van der Waals surface area contributed by atoms with Gasteiger partial charge in [-0.15, -0.1) is 0 Å². The first-order valence-corrected chi connectivity index (χ1v) is 7.84. The van der Waals surface area contributed by atoms with Gasteiger partial charge in [-0.2, -0.15) is 0 Å². The zero-order chi connectivity index (χ0) is 18.7. The number of hydrogen-bond donors (Lipinski definition) is 3. The first kappa shape index (κ1) is 19.4. The molecule has 0 radical (unpaired) electrons. The molecule has 2 aromatic rings. The van der Waals surface area contributed by atoms with Crippen molar-refractivity contribution in [3.8, 4) is 23.0 Å². The van der Waals surface area contributed by atoms with Gasteiger partial charge < -0.3 is 20.1 Å². The number of carbonyl (C=O) groups excluding carboxylic acids is 1. The van der Waals surface area contributed by atoms with E-state index in [1.165, 1.54) is 18.2 Å². The number of phenols is 3. The SMILES string of the molecule is O=COc1cccc(S(F)(F)(F)(F)F)c1.Oc1cccc(O)c1O. The third kappa shape index (κ3) is 5.50. The summed E-state index contributed by atoms with van der Waals surface area (Å²) in [4.78, 5) is 7.72. The van der Waals surface area contributed by atoms with Crippen LogP contribution in [0.5, 0.6) is 23.0 Å². The van der Waals surface area contributed by atoms with Crippen molar-refractivity contribution in [2.24, 2.45) is 0 Å². The lowest BCUT2D eigenvalue weighted by Gasteiger charge is -2.40. The Morgan fingerprint density at radius 2 is 1.38 bits per heavy atom. The standard InChI is InChI=1S/C7H5F5O2S.C6H6O3/c8-15(9,10,11,12)7-3-1-2-6(4-7)14-5-13;7-4-2-1-3-5(8)6(4)9/h1-5H;1-3,7-9H. The normalized spacial score (nSPS) is 13.7. The molecule has 0 aliphatic carbocycles. The molecule has 0 atom stereocenters. The molecule has 2 aromatic carbocycles. The van der Waals surface area contributed by atoms with Crippen LogP contribution in [-0.2, 0) is 4.79 Å². The Morgan fingerprint density at radius 1 is 0.875 bits per heavy atom. The predicted octanol–water partition coefficient (Wildman–Crippen LogP) is 4.68. The Labute approximate surface area is 132 Å². The molecule has 134 valence electrons. The summed E-state index contributed by atoms with van der Waals surface area (Å²) in [6.45, 7) is -0.148. The van der Waals surface area contributed by atoms with Gasteiger partial charge in [-0.05, 0) is 24.3 Å². The smallest absolute Gasteiger partial charge is 0.310 e. The largest absolute Gasteiger partial charge is 0.504 e. The summed E-state index contributed by atoms with van der Waals surface area (Å²) in [7, 11) is -9.69. The van der Waals surface area contributed by atoms with Crippen LogP contribution in [0.4, 0.5) is 19.4 Å². The van der Waals surface area contributed by atoms with Crippen LogP contribution >= 0.6 is 10.2 Å². The molecule has 3 N–H and O–H groups in total. The maximum atomic E-state index is 12.2. The van der Waals surface area contributed by atoms with Crippen LogP contribution in [0.15, 0.2) is 47.4 Å². The van der Waals surface area contributed by atoms with Crippen molar-refractivity contribution in [3.05, 3.63) is 42.5 Å². The molecule has 0 saturated heterocycles. The Morgan fingerprint density at radius 3 is 1.79 bits per heavy atom. The molecule has 0 aromatic heterocycles. The molecule has 0 unspecified atom stereocenters. The number of ether oxygens (including phenoxy) is 1. The van der Waals surface area contributed by atoms with E-state index in [2.05, 4.69) is 4.74 Å². The van der Waals surface area contributed by atoms with Gasteiger partial charge in [-0.25, -0.2) is 0 Å². The maximum Gasteiger partial charge on any atom is 0.310 e. The lowest BCUT2D eigenvalue weighted by Crippen LogP contribution is -2.06. The first-order chi connectivity index (χ1) is 10.7. The molecule has 2 rings (SSSR count). The highest BCUT2D eigenvalue weighted by atomic mass is 32.5. The van der Waals surface area contributed by atoms with Crippen molar-refractivity contribution < 1.29 is 44.3 Å². The van der Waals surface area contributed by atoms with Gasteiger partial charge in [0.2, 0.25) is 0 Å². The summed E-state index contributed by atoms with van der Waals surface area (Å²) >= 11 is 0. The van der Waals surface area contributed by atoms with Crippen LogP contribution in [0.25, 0.3) is 0 Å². The van der Waals surface area contributed by atoms with Gasteiger partial charge in [-0.3, -0.25) is 4.79 Å². The second-order valence-electron chi connectivity index (χ2n) is 4.30. The van der Waals surface area contributed by atoms with Crippen LogP contribution < -0.4 is 4.74 Å². The summed E-state index contributed by atoms with van der Waals surface area (Å²) in [5.74, 6) is -1.68. The van der Waals surface area contributed by atoms with E-state index in [-0.39, 0.29) is 30.1 Å². The minimum Gasteiger partial charge on any atom is -0.504 e. The zero-order valence-electron chi connectivity index (χ0n) is 11.6. The van der Waals surface area contributed by atoms with Crippen molar-refractivity contribution in [1.29, 1.82) is 0 Å². The molecule has 0 fully saturated rings. The van der Waals surface area contributed by atoms with Crippen molar-refractivity contribution in [1.82, 2.24) is 0 Å². The van der Waals surface area contributed by atoms with Gasteiger partial charge in [0.15, 0.2) is 17.2 Å². The minimum atomic E-state index is -9.69. The monoisotopic (exact) mass is 374 g/mol. The van der Waals surface area contributed by atoms with Gasteiger partial charge in [0.05, 0.1) is 0 Å². The number of aromatic hydroxyl groups is 3. The average Bonchev–Trinajstić information content (AvgIpc) is 2.44. The van der Waals surface area contributed by atoms with Crippen LogP contribution in [0.3, 0.4) is 0 Å². The number of para-hydroxylation sites is 1. The molecule has 5 nitrogen and oxygen atoms in total. The summed E-state index contributed by atoms with van der Waals surface area (Å²) in [6.07, 6.45) is 0. The minimum absolute atomic E-state index is 0.0793.